The van der Waals surface area contributed by atoms with Gasteiger partial charge in [-0.1, -0.05) is 0 Å². The standard InChI is InChI=1S/C10H12N4O6.2Na.H4O7P2/c15-1-3-5(16)6(17)9(20-3)14-2-11-4-7(14)12-10(19)13-8(4)18;;;1-8(2,3)7-9(4,5)6/h2-3,5-6,9,15-17H,1H2,(H2,12,13,18,19);;;(H2,1,2,3)(H2,4,5,6)/q;2*+1;/p-2/t3-,5-,6-,9-;;;/m1.../s1. The van der Waals surface area contributed by atoms with Gasteiger partial charge in [-0.05, 0) is 0 Å². The molecule has 2 aromatic heterocycles. The summed E-state index contributed by atoms with van der Waals surface area (Å²) >= 11 is 0. The van der Waals surface area contributed by atoms with Crippen LogP contribution in [-0.2, 0) is 18.2 Å². The van der Waals surface area contributed by atoms with Crippen molar-refractivity contribution in [2.24, 2.45) is 0 Å². The van der Waals surface area contributed by atoms with Crippen LogP contribution in [0.3, 0.4) is 0 Å². The second-order valence-corrected chi connectivity index (χ2v) is 8.03. The van der Waals surface area contributed by atoms with Gasteiger partial charge in [0.25, 0.3) is 5.56 Å². The zero-order valence-electron chi connectivity index (χ0n) is 15.9. The van der Waals surface area contributed by atoms with Gasteiger partial charge in [-0.15, -0.1) is 0 Å². The molecule has 164 valence electrons. The van der Waals surface area contributed by atoms with Crippen LogP contribution in [0, 0.1) is 0 Å². The predicted octanol–water partition coefficient (Wildman–Crippen LogP) is -11.0. The molecule has 3 heterocycles. The van der Waals surface area contributed by atoms with Crippen LogP contribution in [0.15, 0.2) is 15.9 Å². The second-order valence-electron chi connectivity index (χ2n) is 5.51. The van der Waals surface area contributed by atoms with Gasteiger partial charge in [-0.25, -0.2) is 14.3 Å². The van der Waals surface area contributed by atoms with Crippen LogP contribution in [-0.4, -0.2) is 69.5 Å². The minimum absolute atomic E-state index is 0. The number of nitrogens with zero attached hydrogens (tertiary/aromatic N) is 2. The molecule has 1 aliphatic heterocycles. The summed E-state index contributed by atoms with van der Waals surface area (Å²) in [6, 6.07) is 0. The van der Waals surface area contributed by atoms with Crippen LogP contribution < -0.4 is 80.2 Å². The number of fused-ring (bicyclic) bond motifs is 1. The van der Waals surface area contributed by atoms with Crippen LogP contribution in [0.1, 0.15) is 6.23 Å². The number of aliphatic hydroxyl groups excluding tert-OH is 3. The smallest absolute Gasteiger partial charge is 0.789 e. The molecule has 7 N–H and O–H groups in total. The quantitative estimate of drug-likeness (QED) is 0.150. The third-order valence-corrected chi connectivity index (χ3v) is 5.12. The zero-order chi connectivity index (χ0) is 22.1. The van der Waals surface area contributed by atoms with E-state index in [0.29, 0.717) is 0 Å². The number of hydrogen-bond acceptors (Lipinski definition) is 12. The monoisotopic (exact) mass is 506 g/mol. The molecule has 1 aliphatic rings. The van der Waals surface area contributed by atoms with Crippen LogP contribution in [0.5, 0.6) is 0 Å². The maximum atomic E-state index is 11.6. The molecular weight excluding hydrogens is 492 g/mol. The van der Waals surface area contributed by atoms with Crippen LogP contribution >= 0.6 is 15.6 Å². The van der Waals surface area contributed by atoms with Crippen molar-refractivity contribution in [2.45, 2.75) is 24.5 Å². The number of phosphoric acid groups is 2. The van der Waals surface area contributed by atoms with E-state index in [1.807, 2.05) is 4.98 Å². The summed E-state index contributed by atoms with van der Waals surface area (Å²) in [6.45, 7) is -0.474. The van der Waals surface area contributed by atoms with E-state index in [1.165, 1.54) is 10.9 Å². The molecule has 3 rings (SSSR count). The molecule has 21 heteroatoms. The summed E-state index contributed by atoms with van der Waals surface area (Å²) in [5.41, 5.74) is -1.36. The van der Waals surface area contributed by atoms with E-state index in [2.05, 4.69) is 14.3 Å². The van der Waals surface area contributed by atoms with E-state index in [0.717, 1.165) is 0 Å². The Labute approximate surface area is 215 Å². The second kappa shape index (κ2) is 12.1. The van der Waals surface area contributed by atoms with Crippen LogP contribution in [0.2, 0.25) is 0 Å². The SMILES string of the molecule is O=P([O-])([O-])OP(=O)(O)O.O=c1[nH]c(=O)c2ncn([C@@H]3O[C@H](CO)[C@@H](O)[C@H]3O)c2[nH]1.[Na+].[Na+]. The Bertz CT molecular complexity index is 1060. The Kier molecular flexibility index (Phi) is 12.2. The van der Waals surface area contributed by atoms with Crippen molar-refractivity contribution >= 4 is 26.8 Å². The largest absolute Gasteiger partial charge is 1.00 e. The average molecular weight is 506 g/mol. The molecule has 0 bridgehead atoms. The number of aliphatic hydroxyl groups is 3. The molecule has 0 amide bonds. The summed E-state index contributed by atoms with van der Waals surface area (Å²) in [5, 5.41) is 28.7. The summed E-state index contributed by atoms with van der Waals surface area (Å²) in [5.74, 6) is 0. The Hall–Kier alpha value is 0.250. The third-order valence-electron chi connectivity index (χ3n) is 3.47. The van der Waals surface area contributed by atoms with Gasteiger partial charge in [-0.3, -0.25) is 23.6 Å². The van der Waals surface area contributed by atoms with Gasteiger partial charge in [0, 0.05) is 0 Å². The van der Waals surface area contributed by atoms with E-state index in [9.17, 15) is 38.7 Å². The predicted molar refractivity (Wildman–Crippen MR) is 84.7 cm³/mol. The molecule has 2 aromatic rings. The van der Waals surface area contributed by atoms with E-state index in [4.69, 9.17) is 19.6 Å². The molecular formula is C10H14N4Na2O13P2. The Balaban J connectivity index is 0.000000709. The van der Waals surface area contributed by atoms with Gasteiger partial charge in [0.15, 0.2) is 11.7 Å². The fourth-order valence-electron chi connectivity index (χ4n) is 2.39. The minimum atomic E-state index is -5.55. The summed E-state index contributed by atoms with van der Waals surface area (Å²) in [4.78, 5) is 65.2. The first kappa shape index (κ1) is 31.2. The first-order valence-corrected chi connectivity index (χ1v) is 10.3. The number of imidazole rings is 1. The number of ether oxygens (including phenoxy) is 1. The molecule has 17 nitrogen and oxygen atoms in total. The van der Waals surface area contributed by atoms with Crippen molar-refractivity contribution in [2.75, 3.05) is 6.61 Å². The number of H-pyrrole nitrogens is 2. The van der Waals surface area contributed by atoms with Gasteiger partial charge in [0.05, 0.1) is 20.8 Å². The summed E-state index contributed by atoms with van der Waals surface area (Å²) < 4.78 is 28.2. The number of hydrogen-bond donors (Lipinski definition) is 7. The molecule has 0 radical (unpaired) electrons. The third kappa shape index (κ3) is 8.51. The fourth-order valence-corrected chi connectivity index (χ4v) is 3.43. The van der Waals surface area contributed by atoms with Crippen molar-refractivity contribution < 1.29 is 112 Å². The molecule has 0 aliphatic carbocycles. The van der Waals surface area contributed by atoms with Crippen LogP contribution in [0.4, 0.5) is 0 Å². The number of aromatic nitrogens is 4. The number of rotatable bonds is 4. The van der Waals surface area contributed by atoms with Crippen LogP contribution in [0.25, 0.3) is 11.2 Å². The molecule has 0 aromatic carbocycles. The number of nitrogens with one attached hydrogen (secondary N) is 2. The van der Waals surface area contributed by atoms with Crippen molar-refractivity contribution in [1.29, 1.82) is 0 Å². The van der Waals surface area contributed by atoms with Gasteiger partial charge >= 0.3 is 72.6 Å². The first-order chi connectivity index (χ1) is 13.2. The van der Waals surface area contributed by atoms with E-state index < -0.39 is 58.0 Å². The summed E-state index contributed by atoms with van der Waals surface area (Å²) in [6.07, 6.45) is -3.43. The molecule has 4 atom stereocenters. The topological polar surface area (TPSA) is 283 Å². The maximum Gasteiger partial charge on any atom is 1.00 e. The zero-order valence-corrected chi connectivity index (χ0v) is 21.7. The summed E-state index contributed by atoms with van der Waals surface area (Å²) in [7, 11) is -10.7. The van der Waals surface area contributed by atoms with Crippen molar-refractivity contribution in [3.63, 3.8) is 0 Å². The molecule has 31 heavy (non-hydrogen) atoms. The van der Waals surface area contributed by atoms with Gasteiger partial charge in [-0.2, -0.15) is 0 Å². The van der Waals surface area contributed by atoms with Crippen molar-refractivity contribution in [3.05, 3.63) is 27.2 Å². The minimum Gasteiger partial charge on any atom is -0.789 e. The Morgan fingerprint density at radius 2 is 1.74 bits per heavy atom. The van der Waals surface area contributed by atoms with Gasteiger partial charge in [0.1, 0.15) is 24.0 Å². The Morgan fingerprint density at radius 1 is 1.16 bits per heavy atom. The molecule has 0 unspecified atom stereocenters. The van der Waals surface area contributed by atoms with Gasteiger partial charge < -0.3 is 44.2 Å². The van der Waals surface area contributed by atoms with E-state index in [1.54, 1.807) is 0 Å². The molecule has 0 saturated carbocycles. The fraction of sp³-hybridized carbons (Fsp3) is 0.500. The maximum absolute atomic E-state index is 11.6. The van der Waals surface area contributed by atoms with Gasteiger partial charge in [0.2, 0.25) is 0 Å². The molecule has 0 spiro atoms. The number of aromatic amines is 2. The van der Waals surface area contributed by atoms with E-state index >= 15 is 0 Å². The molecule has 1 fully saturated rings. The van der Waals surface area contributed by atoms with Crippen molar-refractivity contribution in [3.8, 4) is 0 Å². The normalized spacial score (nSPS) is 23.5. The Morgan fingerprint density at radius 3 is 2.16 bits per heavy atom. The first-order valence-electron chi connectivity index (χ1n) is 7.34. The molecule has 1 saturated heterocycles. The average Bonchev–Trinajstić information content (AvgIpc) is 3.07. The van der Waals surface area contributed by atoms with Crippen molar-refractivity contribution in [1.82, 2.24) is 19.5 Å². The van der Waals surface area contributed by atoms with E-state index in [-0.39, 0.29) is 70.3 Å².